The molecule has 0 aliphatic heterocycles. The Labute approximate surface area is 124 Å². The third kappa shape index (κ3) is 8.78. The predicted octanol–water partition coefficient (Wildman–Crippen LogP) is 6.41. The van der Waals surface area contributed by atoms with Crippen LogP contribution in [0.25, 0.3) is 0 Å². The van der Waals surface area contributed by atoms with E-state index in [2.05, 4.69) is 33.7 Å². The van der Waals surface area contributed by atoms with Crippen molar-refractivity contribution in [1.82, 2.24) is 0 Å². The molecule has 0 heterocycles. The molecule has 17 heavy (non-hydrogen) atoms. The monoisotopic (exact) mass is 374 g/mol. The van der Waals surface area contributed by atoms with Crippen LogP contribution >= 0.6 is 67.3 Å². The predicted molar refractivity (Wildman–Crippen MR) is 80.0 cm³/mol. The Bertz CT molecular complexity index is 450. The molecule has 98 valence electrons. The highest BCUT2D eigenvalue weighted by Gasteiger charge is 2.21. The normalized spacial score (nSPS) is 11.7. The molecule has 0 fully saturated rings. The molecule has 0 saturated heterocycles. The van der Waals surface area contributed by atoms with Crippen LogP contribution in [0.1, 0.15) is 11.1 Å². The highest BCUT2D eigenvalue weighted by Crippen LogP contribution is 2.61. The molecule has 0 aliphatic carbocycles. The summed E-state index contributed by atoms with van der Waals surface area (Å²) < 4.78 is 20.9. The summed E-state index contributed by atoms with van der Waals surface area (Å²) in [5.74, 6) is -3.15. The van der Waals surface area contributed by atoms with E-state index in [1.807, 2.05) is 32.0 Å². The van der Waals surface area contributed by atoms with Gasteiger partial charge in [0, 0.05) is 5.30 Å². The van der Waals surface area contributed by atoms with Gasteiger partial charge in [-0.2, -0.15) is 0 Å². The van der Waals surface area contributed by atoms with Gasteiger partial charge in [0.15, 0.2) is 0 Å². The van der Waals surface area contributed by atoms with Crippen LogP contribution in [0.5, 0.6) is 0 Å². The van der Waals surface area contributed by atoms with Gasteiger partial charge in [0.2, 0.25) is 0 Å². The minimum Gasteiger partial charge on any atom is -0.284 e. The summed E-state index contributed by atoms with van der Waals surface area (Å²) in [6, 6.07) is 5.58. The van der Waals surface area contributed by atoms with Crippen molar-refractivity contribution in [3.8, 4) is 0 Å². The molecule has 0 bridgehead atoms. The van der Waals surface area contributed by atoms with Crippen molar-refractivity contribution < 1.29 is 9.13 Å². The Morgan fingerprint density at radius 1 is 0.882 bits per heavy atom. The Hall–Kier alpha value is 1.13. The number of halogens is 5. The number of hydrogen-bond donors (Lipinski definition) is 0. The van der Waals surface area contributed by atoms with Crippen LogP contribution < -0.4 is 5.30 Å². The van der Waals surface area contributed by atoms with Gasteiger partial charge in [0.1, 0.15) is 0 Å². The van der Waals surface area contributed by atoms with E-state index in [4.69, 9.17) is 22.5 Å². The van der Waals surface area contributed by atoms with Gasteiger partial charge in [-0.25, -0.2) is 0 Å². The smallest absolute Gasteiger partial charge is 0.284 e. The Morgan fingerprint density at radius 2 is 1.18 bits per heavy atom. The molecule has 0 saturated carbocycles. The van der Waals surface area contributed by atoms with E-state index in [0.29, 0.717) is 5.30 Å². The fourth-order valence-corrected chi connectivity index (χ4v) is 3.79. The topological polar surface area (TPSA) is 34.1 Å². The molecule has 0 aliphatic rings. The van der Waals surface area contributed by atoms with Crippen molar-refractivity contribution in [3.63, 3.8) is 0 Å². The van der Waals surface area contributed by atoms with Crippen molar-refractivity contribution >= 4 is 72.6 Å². The van der Waals surface area contributed by atoms with Gasteiger partial charge in [-0.1, -0.05) is 18.2 Å². The second-order valence-electron chi connectivity index (χ2n) is 3.10. The van der Waals surface area contributed by atoms with Gasteiger partial charge in [-0.15, -0.1) is 0 Å². The molecular weight excluding hydrogens is 367 g/mol. The number of rotatable bonds is 1. The molecule has 2 nitrogen and oxygen atoms in total. The molecule has 0 N–H and O–H groups in total. The molecule has 0 spiro atoms. The summed E-state index contributed by atoms with van der Waals surface area (Å²) in [6.45, 7) is 3.69. The van der Waals surface area contributed by atoms with Crippen molar-refractivity contribution in [2.24, 2.45) is 0 Å². The van der Waals surface area contributed by atoms with E-state index >= 15 is 0 Å². The zero-order chi connectivity index (χ0) is 13.9. The molecule has 0 atom stereocenters. The first-order valence-electron chi connectivity index (χ1n) is 4.18. The lowest BCUT2D eigenvalue weighted by Gasteiger charge is -2.09. The van der Waals surface area contributed by atoms with Crippen LogP contribution in [0.4, 0.5) is 0 Å². The van der Waals surface area contributed by atoms with Gasteiger partial charge in [-0.05, 0) is 81.2 Å². The standard InChI is InChI=1S/C8H9Cl2OP.Cl3OP/c1-6-4-3-5-7(2)8(6)12(9,10)11;1-5(2,3)4/h3-5H,1-2H3;. The maximum Gasteiger partial charge on any atom is 0.339 e. The number of benzene rings is 1. The van der Waals surface area contributed by atoms with Crippen LogP contribution in [0.2, 0.25) is 0 Å². The average Bonchev–Trinajstić information content (AvgIpc) is 1.96. The largest absolute Gasteiger partial charge is 0.339 e. The lowest BCUT2D eigenvalue weighted by Crippen LogP contribution is -2.06. The van der Waals surface area contributed by atoms with Crippen LogP contribution in [-0.2, 0) is 9.13 Å². The van der Waals surface area contributed by atoms with E-state index in [9.17, 15) is 9.13 Å². The summed E-state index contributed by atoms with van der Waals surface area (Å²) in [5.41, 5.74) is 1.76. The summed E-state index contributed by atoms with van der Waals surface area (Å²) in [7, 11) is 0. The Morgan fingerprint density at radius 3 is 1.35 bits per heavy atom. The van der Waals surface area contributed by atoms with E-state index in [0.717, 1.165) is 11.1 Å². The van der Waals surface area contributed by atoms with Gasteiger partial charge < -0.3 is 0 Å². The van der Waals surface area contributed by atoms with Gasteiger partial charge in [-0.3, -0.25) is 9.13 Å². The third-order valence-corrected chi connectivity index (χ3v) is 3.94. The summed E-state index contributed by atoms with van der Waals surface area (Å²) in [5, 5.41) is -2.65. The molecule has 1 rings (SSSR count). The first-order valence-corrected chi connectivity index (χ1v) is 12.1. The van der Waals surface area contributed by atoms with Crippen molar-refractivity contribution in [1.29, 1.82) is 0 Å². The lowest BCUT2D eigenvalue weighted by molar-refractivity contribution is 0.597. The molecule has 0 radical (unpaired) electrons. The minimum absolute atomic E-state index is 0.577. The first kappa shape index (κ1) is 18.1. The van der Waals surface area contributed by atoms with E-state index in [1.165, 1.54) is 0 Å². The highest BCUT2D eigenvalue weighted by atomic mass is 36.0. The van der Waals surface area contributed by atoms with Crippen LogP contribution in [0, 0.1) is 13.8 Å². The average molecular weight is 376 g/mol. The van der Waals surface area contributed by atoms with Crippen molar-refractivity contribution in [2.75, 3.05) is 0 Å². The van der Waals surface area contributed by atoms with Crippen LogP contribution in [0.15, 0.2) is 18.2 Å². The fraction of sp³-hybridized carbons (Fsp3) is 0.250. The maximum atomic E-state index is 11.4. The first-order chi connectivity index (χ1) is 7.43. The quantitative estimate of drug-likeness (QED) is 0.531. The zero-order valence-electron chi connectivity index (χ0n) is 8.83. The van der Waals surface area contributed by atoms with Gasteiger partial charge in [0.25, 0.3) is 5.85 Å². The number of aryl methyl sites for hydroxylation is 2. The second-order valence-corrected chi connectivity index (χ2v) is 14.5. The molecule has 1 aromatic rings. The summed E-state index contributed by atoms with van der Waals surface area (Å²) in [6.07, 6.45) is 0. The van der Waals surface area contributed by atoms with E-state index < -0.39 is 11.0 Å². The molecule has 1 aromatic carbocycles. The fourth-order valence-electron chi connectivity index (χ4n) is 1.22. The SMILES string of the molecule is Cc1cccc(C)c1P(=O)(Cl)Cl.O=P(Cl)(Cl)Cl. The van der Waals surface area contributed by atoms with E-state index in [-0.39, 0.29) is 0 Å². The Kier molecular flexibility index (Phi) is 7.53. The molecule has 0 unspecified atom stereocenters. The van der Waals surface area contributed by atoms with Gasteiger partial charge >= 0.3 is 5.20 Å². The third-order valence-electron chi connectivity index (χ3n) is 1.70. The molecular formula is C8H9Cl5O2P2. The van der Waals surface area contributed by atoms with E-state index in [1.54, 1.807) is 0 Å². The van der Waals surface area contributed by atoms with Gasteiger partial charge in [0.05, 0.1) is 0 Å². The lowest BCUT2D eigenvalue weighted by atomic mass is 10.2. The second kappa shape index (κ2) is 7.06. The minimum atomic E-state index is -3.22. The molecule has 0 aromatic heterocycles. The summed E-state index contributed by atoms with van der Waals surface area (Å²) in [4.78, 5) is 0. The van der Waals surface area contributed by atoms with Crippen LogP contribution in [0.3, 0.4) is 0 Å². The maximum absolute atomic E-state index is 11.4. The summed E-state index contributed by atoms with van der Waals surface area (Å²) >= 11 is 25.0. The Balaban J connectivity index is 0.000000437. The number of hydrogen-bond acceptors (Lipinski definition) is 2. The highest BCUT2D eigenvalue weighted by molar-refractivity contribution is 8.24. The molecule has 0 amide bonds. The van der Waals surface area contributed by atoms with Crippen LogP contribution in [-0.4, -0.2) is 0 Å². The molecule has 9 heteroatoms. The van der Waals surface area contributed by atoms with Crippen molar-refractivity contribution in [3.05, 3.63) is 29.3 Å². The zero-order valence-corrected chi connectivity index (χ0v) is 14.4. The van der Waals surface area contributed by atoms with Crippen molar-refractivity contribution in [2.45, 2.75) is 13.8 Å².